The average Bonchev–Trinajstić information content (AvgIpc) is 2.47. The maximum atomic E-state index is 12.3. The Morgan fingerprint density at radius 3 is 2.36 bits per heavy atom. The maximum absolute atomic E-state index is 12.3. The molecule has 2 aromatic carbocycles. The third-order valence-electron chi connectivity index (χ3n) is 3.51. The number of hydrogen-bond donors (Lipinski definition) is 1. The van der Waals surface area contributed by atoms with Gasteiger partial charge in [0.15, 0.2) is 0 Å². The lowest BCUT2D eigenvalue weighted by atomic mass is 9.87. The summed E-state index contributed by atoms with van der Waals surface area (Å²) >= 11 is 0. The average molecular weight is 297 g/mol. The summed E-state index contributed by atoms with van der Waals surface area (Å²) in [4.78, 5) is 12.3. The second kappa shape index (κ2) is 6.75. The van der Waals surface area contributed by atoms with Gasteiger partial charge in [-0.2, -0.15) is 0 Å². The molecule has 0 aliphatic rings. The van der Waals surface area contributed by atoms with Crippen molar-refractivity contribution in [3.63, 3.8) is 0 Å². The monoisotopic (exact) mass is 297 g/mol. The highest BCUT2D eigenvalue weighted by Crippen LogP contribution is 2.23. The maximum Gasteiger partial charge on any atom is 0.255 e. The predicted molar refractivity (Wildman–Crippen MR) is 90.3 cm³/mol. The van der Waals surface area contributed by atoms with E-state index < -0.39 is 0 Å². The number of benzene rings is 2. The minimum Gasteiger partial charge on any atom is -0.380 e. The zero-order chi connectivity index (χ0) is 16.2. The van der Waals surface area contributed by atoms with Crippen LogP contribution in [-0.4, -0.2) is 13.0 Å². The zero-order valence-corrected chi connectivity index (χ0v) is 13.6. The molecule has 0 aromatic heterocycles. The fraction of sp³-hybridized carbons (Fsp3) is 0.316. The molecule has 0 aliphatic carbocycles. The van der Waals surface area contributed by atoms with Gasteiger partial charge in [0.2, 0.25) is 0 Å². The fourth-order valence-corrected chi connectivity index (χ4v) is 2.23. The number of rotatable bonds is 4. The summed E-state index contributed by atoms with van der Waals surface area (Å²) in [5, 5.41) is 2.93. The van der Waals surface area contributed by atoms with Gasteiger partial charge in [-0.25, -0.2) is 0 Å². The number of ether oxygens (including phenoxy) is 1. The minimum absolute atomic E-state index is 0.108. The molecule has 2 rings (SSSR count). The van der Waals surface area contributed by atoms with Gasteiger partial charge in [-0.3, -0.25) is 4.79 Å². The van der Waals surface area contributed by atoms with Crippen molar-refractivity contribution in [2.75, 3.05) is 12.4 Å². The van der Waals surface area contributed by atoms with Crippen molar-refractivity contribution in [3.05, 3.63) is 65.2 Å². The molecular weight excluding hydrogens is 274 g/mol. The molecule has 0 radical (unpaired) electrons. The van der Waals surface area contributed by atoms with Crippen molar-refractivity contribution < 1.29 is 9.53 Å². The molecule has 0 aliphatic heterocycles. The van der Waals surface area contributed by atoms with Crippen molar-refractivity contribution in [3.8, 4) is 0 Å². The Balaban J connectivity index is 2.10. The van der Waals surface area contributed by atoms with Crippen LogP contribution in [-0.2, 0) is 16.8 Å². The van der Waals surface area contributed by atoms with Gasteiger partial charge < -0.3 is 10.1 Å². The standard InChI is InChI=1S/C19H23NO2/c1-19(2,3)16-8-10-17(11-9-16)20-18(21)15-7-5-6-14(12-15)13-22-4/h5-12H,13H2,1-4H3,(H,20,21). The van der Waals surface area contributed by atoms with Crippen molar-refractivity contribution in [1.82, 2.24) is 0 Å². The molecule has 1 N–H and O–H groups in total. The van der Waals surface area contributed by atoms with Gasteiger partial charge in [-0.15, -0.1) is 0 Å². The Bertz CT molecular complexity index is 639. The van der Waals surface area contributed by atoms with Gasteiger partial charge in [-0.1, -0.05) is 45.0 Å². The van der Waals surface area contributed by atoms with Crippen LogP contribution in [0.1, 0.15) is 42.3 Å². The number of amides is 1. The Hall–Kier alpha value is -2.13. The van der Waals surface area contributed by atoms with E-state index in [-0.39, 0.29) is 11.3 Å². The molecule has 0 spiro atoms. The molecule has 0 atom stereocenters. The molecule has 116 valence electrons. The summed E-state index contributed by atoms with van der Waals surface area (Å²) in [6.07, 6.45) is 0. The third-order valence-corrected chi connectivity index (χ3v) is 3.51. The quantitative estimate of drug-likeness (QED) is 0.909. The zero-order valence-electron chi connectivity index (χ0n) is 13.6. The van der Waals surface area contributed by atoms with E-state index in [1.165, 1.54) is 5.56 Å². The van der Waals surface area contributed by atoms with E-state index in [0.29, 0.717) is 12.2 Å². The van der Waals surface area contributed by atoms with Crippen LogP contribution in [0.15, 0.2) is 48.5 Å². The van der Waals surface area contributed by atoms with Crippen LogP contribution in [0, 0.1) is 0 Å². The van der Waals surface area contributed by atoms with Gasteiger partial charge in [0.25, 0.3) is 5.91 Å². The number of carbonyl (C=O) groups is 1. The minimum atomic E-state index is -0.110. The molecule has 0 bridgehead atoms. The molecule has 0 unspecified atom stereocenters. The summed E-state index contributed by atoms with van der Waals surface area (Å²) in [5.74, 6) is -0.110. The van der Waals surface area contributed by atoms with Crippen molar-refractivity contribution >= 4 is 11.6 Å². The van der Waals surface area contributed by atoms with E-state index >= 15 is 0 Å². The van der Waals surface area contributed by atoms with Crippen LogP contribution < -0.4 is 5.32 Å². The number of carbonyl (C=O) groups excluding carboxylic acids is 1. The molecule has 1 amide bonds. The summed E-state index contributed by atoms with van der Waals surface area (Å²) in [6, 6.07) is 15.5. The lowest BCUT2D eigenvalue weighted by Gasteiger charge is -2.19. The van der Waals surface area contributed by atoms with Crippen LogP contribution >= 0.6 is 0 Å². The molecule has 22 heavy (non-hydrogen) atoms. The van der Waals surface area contributed by atoms with Crippen molar-refractivity contribution in [2.45, 2.75) is 32.8 Å². The van der Waals surface area contributed by atoms with Gasteiger partial charge in [0.05, 0.1) is 6.61 Å². The van der Waals surface area contributed by atoms with Gasteiger partial charge in [-0.05, 0) is 40.8 Å². The molecule has 2 aromatic rings. The van der Waals surface area contributed by atoms with Crippen LogP contribution in [0.4, 0.5) is 5.69 Å². The van der Waals surface area contributed by atoms with Crippen LogP contribution in [0.5, 0.6) is 0 Å². The van der Waals surface area contributed by atoms with E-state index in [0.717, 1.165) is 11.3 Å². The number of hydrogen-bond acceptors (Lipinski definition) is 2. The number of nitrogens with one attached hydrogen (secondary N) is 1. The molecule has 0 saturated heterocycles. The summed E-state index contributed by atoms with van der Waals surface area (Å²) < 4.78 is 5.09. The van der Waals surface area contributed by atoms with E-state index in [1.807, 2.05) is 30.3 Å². The summed E-state index contributed by atoms with van der Waals surface area (Å²) in [6.45, 7) is 7.01. The molecular formula is C19H23NO2. The second-order valence-corrected chi connectivity index (χ2v) is 6.41. The molecule has 0 fully saturated rings. The van der Waals surface area contributed by atoms with Crippen LogP contribution in [0.25, 0.3) is 0 Å². The van der Waals surface area contributed by atoms with E-state index in [1.54, 1.807) is 13.2 Å². The predicted octanol–water partition coefficient (Wildman–Crippen LogP) is 4.38. The lowest BCUT2D eigenvalue weighted by Crippen LogP contribution is -2.13. The molecule has 3 nitrogen and oxygen atoms in total. The summed E-state index contributed by atoms with van der Waals surface area (Å²) in [5.41, 5.74) is 3.77. The Labute approximate surface area is 132 Å². The highest BCUT2D eigenvalue weighted by molar-refractivity contribution is 6.04. The first kappa shape index (κ1) is 16.2. The first-order valence-electron chi connectivity index (χ1n) is 7.40. The van der Waals surface area contributed by atoms with Gasteiger partial charge in [0.1, 0.15) is 0 Å². The largest absolute Gasteiger partial charge is 0.380 e. The Morgan fingerprint density at radius 1 is 1.09 bits per heavy atom. The first-order valence-corrected chi connectivity index (χ1v) is 7.40. The van der Waals surface area contributed by atoms with Crippen molar-refractivity contribution in [1.29, 1.82) is 0 Å². The normalized spacial score (nSPS) is 11.3. The van der Waals surface area contributed by atoms with E-state index in [9.17, 15) is 4.79 Å². The second-order valence-electron chi connectivity index (χ2n) is 6.41. The number of anilines is 1. The van der Waals surface area contributed by atoms with Crippen LogP contribution in [0.3, 0.4) is 0 Å². The highest BCUT2D eigenvalue weighted by Gasteiger charge is 2.13. The molecule has 0 heterocycles. The Kier molecular flexibility index (Phi) is 4.99. The molecule has 3 heteroatoms. The highest BCUT2D eigenvalue weighted by atomic mass is 16.5. The van der Waals surface area contributed by atoms with Gasteiger partial charge in [0, 0.05) is 18.4 Å². The SMILES string of the molecule is COCc1cccc(C(=O)Nc2ccc(C(C)(C)C)cc2)c1. The first-order chi connectivity index (χ1) is 10.4. The smallest absolute Gasteiger partial charge is 0.255 e. The number of methoxy groups -OCH3 is 1. The van der Waals surface area contributed by atoms with Crippen molar-refractivity contribution in [2.24, 2.45) is 0 Å². The lowest BCUT2D eigenvalue weighted by molar-refractivity contribution is 0.102. The van der Waals surface area contributed by atoms with Gasteiger partial charge >= 0.3 is 0 Å². The van der Waals surface area contributed by atoms with E-state index in [2.05, 4.69) is 38.2 Å². The Morgan fingerprint density at radius 2 is 1.77 bits per heavy atom. The third kappa shape index (κ3) is 4.18. The topological polar surface area (TPSA) is 38.3 Å². The summed E-state index contributed by atoms with van der Waals surface area (Å²) in [7, 11) is 1.64. The van der Waals surface area contributed by atoms with E-state index in [4.69, 9.17) is 4.74 Å². The van der Waals surface area contributed by atoms with Crippen LogP contribution in [0.2, 0.25) is 0 Å². The molecule has 0 saturated carbocycles. The fourth-order valence-electron chi connectivity index (χ4n) is 2.23.